The third-order valence-corrected chi connectivity index (χ3v) is 3.72. The van der Waals surface area contributed by atoms with Crippen LogP contribution in [-0.4, -0.2) is 30.6 Å². The Morgan fingerprint density at radius 1 is 1.44 bits per heavy atom. The summed E-state index contributed by atoms with van der Waals surface area (Å²) in [6, 6.07) is 2.56. The number of rotatable bonds is 8. The highest BCUT2D eigenvalue weighted by Crippen LogP contribution is 2.10. The van der Waals surface area contributed by atoms with Crippen LogP contribution in [0.5, 0.6) is 0 Å². The lowest BCUT2D eigenvalue weighted by atomic mass is 10.1. The first-order valence-electron chi connectivity index (χ1n) is 5.99. The molecule has 1 aromatic heterocycles. The highest BCUT2D eigenvalue weighted by molar-refractivity contribution is 7.07. The molecule has 0 aliphatic heterocycles. The summed E-state index contributed by atoms with van der Waals surface area (Å²) in [7, 11) is 0. The summed E-state index contributed by atoms with van der Waals surface area (Å²) in [5.41, 5.74) is 4.30. The largest absolute Gasteiger partial charge is 0.304 e. The number of nitrogens with one attached hydrogen (secondary N) is 1. The molecule has 1 rings (SSSR count). The summed E-state index contributed by atoms with van der Waals surface area (Å²) >= 11 is 1.75. The molecule has 1 unspecified atom stereocenters. The molecule has 1 aromatic rings. The number of nitrogens with two attached hydrogens (primary N) is 1. The topological polar surface area (TPSA) is 41.3 Å². The molecule has 3 N–H and O–H groups in total. The summed E-state index contributed by atoms with van der Waals surface area (Å²) in [4.78, 5) is 2.43. The zero-order valence-corrected chi connectivity index (χ0v) is 11.1. The van der Waals surface area contributed by atoms with Crippen LogP contribution in [0.4, 0.5) is 0 Å². The van der Waals surface area contributed by atoms with Crippen molar-refractivity contribution >= 4 is 11.3 Å². The monoisotopic (exact) mass is 241 g/mol. The number of hydrogen-bond acceptors (Lipinski definition) is 4. The molecule has 0 saturated heterocycles. The van der Waals surface area contributed by atoms with Crippen molar-refractivity contribution in [2.24, 2.45) is 5.84 Å². The summed E-state index contributed by atoms with van der Waals surface area (Å²) in [6.07, 6.45) is 2.13. The van der Waals surface area contributed by atoms with Crippen LogP contribution in [-0.2, 0) is 6.42 Å². The van der Waals surface area contributed by atoms with Gasteiger partial charge in [-0.05, 0) is 54.9 Å². The summed E-state index contributed by atoms with van der Waals surface area (Å²) in [6.45, 7) is 7.75. The second-order valence-electron chi connectivity index (χ2n) is 4.01. The van der Waals surface area contributed by atoms with Crippen LogP contribution < -0.4 is 11.3 Å². The first-order chi connectivity index (χ1) is 7.80. The smallest absolute Gasteiger partial charge is 0.0263 e. The van der Waals surface area contributed by atoms with E-state index in [4.69, 9.17) is 5.84 Å². The van der Waals surface area contributed by atoms with Crippen molar-refractivity contribution in [1.29, 1.82) is 0 Å². The molecule has 3 nitrogen and oxygen atoms in total. The van der Waals surface area contributed by atoms with Gasteiger partial charge in [-0.15, -0.1) is 0 Å². The van der Waals surface area contributed by atoms with Gasteiger partial charge in [0, 0.05) is 6.04 Å². The first kappa shape index (κ1) is 13.6. The van der Waals surface area contributed by atoms with Crippen molar-refractivity contribution < 1.29 is 0 Å². The molecule has 0 amide bonds. The van der Waals surface area contributed by atoms with Crippen molar-refractivity contribution in [1.82, 2.24) is 10.3 Å². The average Bonchev–Trinajstić information content (AvgIpc) is 2.81. The fraction of sp³-hybridized carbons (Fsp3) is 0.667. The second kappa shape index (κ2) is 7.79. The van der Waals surface area contributed by atoms with E-state index < -0.39 is 0 Å². The number of thiophene rings is 1. The third-order valence-electron chi connectivity index (χ3n) is 2.99. The van der Waals surface area contributed by atoms with Gasteiger partial charge in [-0.1, -0.05) is 13.8 Å². The van der Waals surface area contributed by atoms with Crippen LogP contribution in [0.15, 0.2) is 16.8 Å². The maximum atomic E-state index is 5.59. The fourth-order valence-corrected chi connectivity index (χ4v) is 2.50. The molecule has 0 aromatic carbocycles. The van der Waals surface area contributed by atoms with Crippen LogP contribution in [0.1, 0.15) is 25.8 Å². The van der Waals surface area contributed by atoms with Gasteiger partial charge in [0.2, 0.25) is 0 Å². The number of nitrogens with zero attached hydrogens (tertiary/aromatic N) is 1. The Kier molecular flexibility index (Phi) is 6.64. The van der Waals surface area contributed by atoms with E-state index in [2.05, 4.69) is 41.0 Å². The van der Waals surface area contributed by atoms with E-state index in [0.29, 0.717) is 6.04 Å². The molecule has 0 aliphatic rings. The van der Waals surface area contributed by atoms with Crippen molar-refractivity contribution in [2.75, 3.05) is 19.6 Å². The highest BCUT2D eigenvalue weighted by atomic mass is 32.1. The Hall–Kier alpha value is -0.420. The molecule has 92 valence electrons. The Bertz CT molecular complexity index is 257. The van der Waals surface area contributed by atoms with Crippen LogP contribution >= 0.6 is 11.3 Å². The predicted molar refractivity (Wildman–Crippen MR) is 71.5 cm³/mol. The van der Waals surface area contributed by atoms with E-state index in [1.807, 2.05) is 0 Å². The van der Waals surface area contributed by atoms with Gasteiger partial charge in [0.25, 0.3) is 0 Å². The summed E-state index contributed by atoms with van der Waals surface area (Å²) in [5, 5.41) is 4.31. The van der Waals surface area contributed by atoms with Crippen LogP contribution in [0.25, 0.3) is 0 Å². The van der Waals surface area contributed by atoms with Crippen LogP contribution in [0.3, 0.4) is 0 Å². The second-order valence-corrected chi connectivity index (χ2v) is 4.79. The Balaban J connectivity index is 2.31. The molecule has 1 heterocycles. The molecule has 0 saturated carbocycles. The third kappa shape index (κ3) is 4.61. The Morgan fingerprint density at radius 2 is 2.19 bits per heavy atom. The quantitative estimate of drug-likeness (QED) is 0.539. The lowest BCUT2D eigenvalue weighted by Gasteiger charge is -2.22. The molecule has 0 bridgehead atoms. The van der Waals surface area contributed by atoms with E-state index in [-0.39, 0.29) is 0 Å². The molecular formula is C12H23N3S. The maximum absolute atomic E-state index is 5.59. The zero-order valence-electron chi connectivity index (χ0n) is 10.3. The summed E-state index contributed by atoms with van der Waals surface area (Å²) in [5.74, 6) is 5.59. The number of hydrazine groups is 1. The SMILES string of the molecule is CCN(CC)CCC(Cc1ccsc1)NN. The minimum Gasteiger partial charge on any atom is -0.304 e. The standard InChI is InChI=1S/C12H23N3S/c1-3-15(4-2)7-5-12(14-13)9-11-6-8-16-10-11/h6,8,10,12,14H,3-5,7,9,13H2,1-2H3. The minimum atomic E-state index is 0.384. The first-order valence-corrected chi connectivity index (χ1v) is 6.94. The summed E-state index contributed by atoms with van der Waals surface area (Å²) < 4.78 is 0. The molecule has 0 fully saturated rings. The Labute approximate surface area is 103 Å². The van der Waals surface area contributed by atoms with Crippen molar-refractivity contribution in [3.63, 3.8) is 0 Å². The lowest BCUT2D eigenvalue weighted by molar-refractivity contribution is 0.281. The van der Waals surface area contributed by atoms with E-state index >= 15 is 0 Å². The van der Waals surface area contributed by atoms with Crippen molar-refractivity contribution in [2.45, 2.75) is 32.7 Å². The van der Waals surface area contributed by atoms with Crippen molar-refractivity contribution in [3.05, 3.63) is 22.4 Å². The normalized spacial score (nSPS) is 13.2. The Morgan fingerprint density at radius 3 is 2.69 bits per heavy atom. The van der Waals surface area contributed by atoms with E-state index in [1.54, 1.807) is 11.3 Å². The van der Waals surface area contributed by atoms with E-state index in [9.17, 15) is 0 Å². The molecule has 16 heavy (non-hydrogen) atoms. The zero-order chi connectivity index (χ0) is 11.8. The van der Waals surface area contributed by atoms with Gasteiger partial charge in [0.15, 0.2) is 0 Å². The molecule has 0 radical (unpaired) electrons. The van der Waals surface area contributed by atoms with Crippen LogP contribution in [0.2, 0.25) is 0 Å². The molecular weight excluding hydrogens is 218 g/mol. The van der Waals surface area contributed by atoms with Crippen molar-refractivity contribution in [3.8, 4) is 0 Å². The van der Waals surface area contributed by atoms with E-state index in [0.717, 1.165) is 32.5 Å². The van der Waals surface area contributed by atoms with Gasteiger partial charge in [0.05, 0.1) is 0 Å². The van der Waals surface area contributed by atoms with Crippen LogP contribution in [0, 0.1) is 0 Å². The van der Waals surface area contributed by atoms with Gasteiger partial charge in [-0.2, -0.15) is 11.3 Å². The minimum absolute atomic E-state index is 0.384. The predicted octanol–water partition coefficient (Wildman–Crippen LogP) is 1.85. The lowest BCUT2D eigenvalue weighted by Crippen LogP contribution is -2.39. The highest BCUT2D eigenvalue weighted by Gasteiger charge is 2.09. The maximum Gasteiger partial charge on any atom is 0.0263 e. The van der Waals surface area contributed by atoms with Gasteiger partial charge in [0.1, 0.15) is 0 Å². The van der Waals surface area contributed by atoms with Gasteiger partial charge < -0.3 is 4.90 Å². The molecule has 0 spiro atoms. The van der Waals surface area contributed by atoms with Gasteiger partial charge >= 0.3 is 0 Å². The van der Waals surface area contributed by atoms with Gasteiger partial charge in [-0.3, -0.25) is 11.3 Å². The molecule has 4 heteroatoms. The molecule has 0 aliphatic carbocycles. The van der Waals surface area contributed by atoms with Gasteiger partial charge in [-0.25, -0.2) is 0 Å². The average molecular weight is 241 g/mol. The van der Waals surface area contributed by atoms with E-state index in [1.165, 1.54) is 5.56 Å². The number of hydrogen-bond donors (Lipinski definition) is 2. The fourth-order valence-electron chi connectivity index (χ4n) is 1.82. The molecule has 1 atom stereocenters.